The van der Waals surface area contributed by atoms with Gasteiger partial charge in [0.15, 0.2) is 12.6 Å². The molecule has 2 aliphatic heterocycles. The van der Waals surface area contributed by atoms with E-state index >= 15 is 0 Å². The number of carbonyl (C=O) groups is 1. The number of amides is 1. The molecule has 0 saturated carbocycles. The Morgan fingerprint density at radius 3 is 1.06 bits per heavy atom. The van der Waals surface area contributed by atoms with Crippen LogP contribution in [0.1, 0.15) is 322 Å². The summed E-state index contributed by atoms with van der Waals surface area (Å²) in [6.07, 6.45) is 92.2. The smallest absolute Gasteiger partial charge is 0.220 e. The van der Waals surface area contributed by atoms with Crippen LogP contribution < -0.4 is 5.32 Å². The highest BCUT2D eigenvalue weighted by Crippen LogP contribution is 2.30. The number of carbonyl (C=O) groups excluding carboxylic acids is 1. The second-order valence-corrected chi connectivity index (χ2v) is 28.9. The molecule has 0 aliphatic carbocycles. The van der Waals surface area contributed by atoms with E-state index in [9.17, 15) is 45.6 Å². The van der Waals surface area contributed by atoms with Crippen LogP contribution in [0, 0.1) is 0 Å². The Kier molecular flexibility index (Phi) is 66.2. The van der Waals surface area contributed by atoms with Gasteiger partial charge in [-0.05, 0) is 116 Å². The van der Waals surface area contributed by atoms with Crippen LogP contribution >= 0.6 is 0 Å². The molecular formula is C90H153NO13. The van der Waals surface area contributed by atoms with E-state index in [-0.39, 0.29) is 18.9 Å². The van der Waals surface area contributed by atoms with E-state index in [1.165, 1.54) is 173 Å². The summed E-state index contributed by atoms with van der Waals surface area (Å²) in [5, 5.41) is 87.7. The van der Waals surface area contributed by atoms with Crippen LogP contribution in [0.4, 0.5) is 0 Å². The third-order valence-corrected chi connectivity index (χ3v) is 19.5. The Balaban J connectivity index is 1.64. The quantitative estimate of drug-likeness (QED) is 0.0204. The maximum atomic E-state index is 13.4. The summed E-state index contributed by atoms with van der Waals surface area (Å²) in [4.78, 5) is 13.4. The molecule has 0 aromatic heterocycles. The van der Waals surface area contributed by atoms with Gasteiger partial charge >= 0.3 is 0 Å². The zero-order chi connectivity index (χ0) is 75.1. The molecule has 0 bridgehead atoms. The molecule has 2 rings (SSSR count). The first-order chi connectivity index (χ1) is 51.1. The molecule has 2 aliphatic rings. The van der Waals surface area contributed by atoms with E-state index in [2.05, 4.69) is 153 Å². The third-order valence-electron chi connectivity index (χ3n) is 19.5. The SMILES string of the molecule is CC/C=C\C/C=C\C/C=C\C/C=C\C/C=C\C/C=C\C/C=C\C/C=C\C/C=C\CCCCCCCCCCCC(=O)NC(COC1OC(CO)C(OC2OC(CO)C(O)C(O)C2O)C(O)C1O)C(O)/C=C/CC/C=C/CC/C=C/CCCCCCCCCCCCCCCCCCCCCCCCC. The van der Waals surface area contributed by atoms with Gasteiger partial charge in [0.25, 0.3) is 0 Å². The van der Waals surface area contributed by atoms with E-state index in [0.29, 0.717) is 12.8 Å². The Labute approximate surface area is 633 Å². The molecule has 596 valence electrons. The van der Waals surface area contributed by atoms with Crippen LogP contribution in [0.15, 0.2) is 146 Å². The summed E-state index contributed by atoms with van der Waals surface area (Å²) < 4.78 is 22.9. The van der Waals surface area contributed by atoms with Crippen LogP contribution in [0.5, 0.6) is 0 Å². The van der Waals surface area contributed by atoms with Gasteiger partial charge in [-0.2, -0.15) is 0 Å². The van der Waals surface area contributed by atoms with E-state index in [1.807, 2.05) is 6.08 Å². The minimum Gasteiger partial charge on any atom is -0.394 e. The summed E-state index contributed by atoms with van der Waals surface area (Å²) in [6, 6.07) is -0.955. The van der Waals surface area contributed by atoms with Crippen molar-refractivity contribution in [2.45, 2.75) is 396 Å². The number of aliphatic hydroxyl groups is 8. The van der Waals surface area contributed by atoms with Crippen molar-refractivity contribution in [3.05, 3.63) is 146 Å². The van der Waals surface area contributed by atoms with Gasteiger partial charge < -0.3 is 65.1 Å². The second kappa shape index (κ2) is 71.8. The van der Waals surface area contributed by atoms with Gasteiger partial charge in [0.05, 0.1) is 32.0 Å². The van der Waals surface area contributed by atoms with E-state index in [1.54, 1.807) is 6.08 Å². The lowest BCUT2D eigenvalue weighted by atomic mass is 9.97. The number of aliphatic hydroxyl groups excluding tert-OH is 8. The average molecular weight is 1460 g/mol. The topological polar surface area (TPSA) is 228 Å². The maximum Gasteiger partial charge on any atom is 0.220 e. The molecule has 14 heteroatoms. The predicted molar refractivity (Wildman–Crippen MR) is 433 cm³/mol. The van der Waals surface area contributed by atoms with Crippen molar-refractivity contribution in [1.82, 2.24) is 5.32 Å². The van der Waals surface area contributed by atoms with E-state index < -0.39 is 86.8 Å². The number of allylic oxidation sites excluding steroid dienone is 23. The molecule has 2 heterocycles. The predicted octanol–water partition coefficient (Wildman–Crippen LogP) is 19.9. The van der Waals surface area contributed by atoms with E-state index in [0.717, 1.165) is 116 Å². The molecule has 1 amide bonds. The molecule has 104 heavy (non-hydrogen) atoms. The van der Waals surface area contributed by atoms with Crippen molar-refractivity contribution < 1.29 is 64.6 Å². The molecule has 0 aromatic carbocycles. The third kappa shape index (κ3) is 53.6. The Hall–Kier alpha value is -4.13. The molecule has 12 unspecified atom stereocenters. The lowest BCUT2D eigenvalue weighted by Crippen LogP contribution is -2.65. The molecule has 0 spiro atoms. The molecule has 12 atom stereocenters. The molecule has 0 radical (unpaired) electrons. The highest BCUT2D eigenvalue weighted by atomic mass is 16.7. The number of nitrogens with one attached hydrogen (secondary N) is 1. The molecular weight excluding hydrogens is 1300 g/mol. The fourth-order valence-corrected chi connectivity index (χ4v) is 12.9. The zero-order valence-corrected chi connectivity index (χ0v) is 65.5. The standard InChI is InChI=1S/C90H153NO13/c1-3-5-7-9-11-13-15-17-19-21-23-25-27-29-31-33-35-37-38-39-40-42-44-46-48-50-52-54-56-58-60-62-64-66-68-70-72-74-82(95)91-78(77-101-89-87(100)85(98)88(81(76-93)103-89)104-90-86(99)84(97)83(96)80(75-92)102-90)79(94)73-71-69-67-65-63-61-59-57-55-53-51-49-47-45-43-41-36-34-32-30-28-26-24-22-20-18-16-14-12-10-8-6-4-2/h5,7,11,13,17,19,23,25,29,31,35,37,39-40,44,46,50,52,55,57,63,65,71,73,78-81,83-90,92-94,96-100H,3-4,6,8-10,12,14-16,18,20-22,24,26-28,30,32-34,36,38,41-43,45,47-49,51,53-54,56,58-62,64,66-70,72,74-77H2,1-2H3,(H,91,95)/b7-5-,13-11-,19-17-,25-23-,31-29-,37-35-,40-39-,46-44-,52-50-,57-55+,65-63+,73-71+. The van der Waals surface area contributed by atoms with Gasteiger partial charge in [-0.3, -0.25) is 4.79 Å². The number of unbranched alkanes of at least 4 members (excludes halogenated alkanes) is 34. The van der Waals surface area contributed by atoms with Crippen LogP contribution in [-0.4, -0.2) is 140 Å². The van der Waals surface area contributed by atoms with Gasteiger partial charge in [0.2, 0.25) is 5.91 Å². The second-order valence-electron chi connectivity index (χ2n) is 28.9. The largest absolute Gasteiger partial charge is 0.394 e. The molecule has 2 fully saturated rings. The number of hydrogen-bond donors (Lipinski definition) is 9. The minimum atomic E-state index is -1.80. The van der Waals surface area contributed by atoms with Gasteiger partial charge in [-0.25, -0.2) is 0 Å². The summed E-state index contributed by atoms with van der Waals surface area (Å²) in [5.41, 5.74) is 0. The number of hydrogen-bond acceptors (Lipinski definition) is 13. The van der Waals surface area contributed by atoms with Crippen LogP contribution in [-0.2, 0) is 23.7 Å². The van der Waals surface area contributed by atoms with Crippen LogP contribution in [0.3, 0.4) is 0 Å². The summed E-state index contributed by atoms with van der Waals surface area (Å²) >= 11 is 0. The van der Waals surface area contributed by atoms with Crippen LogP contribution in [0.2, 0.25) is 0 Å². The highest BCUT2D eigenvalue weighted by Gasteiger charge is 2.51. The van der Waals surface area contributed by atoms with Crippen LogP contribution in [0.25, 0.3) is 0 Å². The Morgan fingerprint density at radius 1 is 0.356 bits per heavy atom. The molecule has 0 aromatic rings. The summed E-state index contributed by atoms with van der Waals surface area (Å²) in [7, 11) is 0. The van der Waals surface area contributed by atoms with Gasteiger partial charge in [0, 0.05) is 6.42 Å². The normalized spacial score (nSPS) is 22.2. The molecule has 9 N–H and O–H groups in total. The Morgan fingerprint density at radius 2 is 0.673 bits per heavy atom. The zero-order valence-electron chi connectivity index (χ0n) is 65.5. The van der Waals surface area contributed by atoms with E-state index in [4.69, 9.17) is 18.9 Å². The van der Waals surface area contributed by atoms with Crippen molar-refractivity contribution in [3.63, 3.8) is 0 Å². The lowest BCUT2D eigenvalue weighted by Gasteiger charge is -2.46. The average Bonchev–Trinajstić information content (AvgIpc) is 0.790. The fourth-order valence-electron chi connectivity index (χ4n) is 12.9. The monoisotopic (exact) mass is 1460 g/mol. The first kappa shape index (κ1) is 95.9. The van der Waals surface area contributed by atoms with Crippen molar-refractivity contribution >= 4 is 5.91 Å². The number of ether oxygens (including phenoxy) is 4. The molecule has 14 nitrogen and oxygen atoms in total. The molecule has 2 saturated heterocycles. The first-order valence-corrected chi connectivity index (χ1v) is 42.1. The van der Waals surface area contributed by atoms with Crippen molar-refractivity contribution in [2.75, 3.05) is 19.8 Å². The van der Waals surface area contributed by atoms with Gasteiger partial charge in [-0.15, -0.1) is 0 Å². The van der Waals surface area contributed by atoms with Crippen molar-refractivity contribution in [1.29, 1.82) is 0 Å². The lowest BCUT2D eigenvalue weighted by molar-refractivity contribution is -0.359. The summed E-state index contributed by atoms with van der Waals surface area (Å²) in [5.74, 6) is -0.263. The number of rotatable bonds is 69. The highest BCUT2D eigenvalue weighted by molar-refractivity contribution is 5.76. The fraction of sp³-hybridized carbons (Fsp3) is 0.722. The van der Waals surface area contributed by atoms with Crippen molar-refractivity contribution in [3.8, 4) is 0 Å². The van der Waals surface area contributed by atoms with Crippen molar-refractivity contribution in [2.24, 2.45) is 0 Å². The summed E-state index contributed by atoms with van der Waals surface area (Å²) in [6.45, 7) is 2.68. The maximum absolute atomic E-state index is 13.4. The van der Waals surface area contributed by atoms with Gasteiger partial charge in [0.1, 0.15) is 48.8 Å². The van der Waals surface area contributed by atoms with Gasteiger partial charge in [-0.1, -0.05) is 346 Å². The Bertz CT molecular complexity index is 2320. The first-order valence-electron chi connectivity index (χ1n) is 42.1. The minimum absolute atomic E-state index is 0.253.